The van der Waals surface area contributed by atoms with Crippen LogP contribution in [0.25, 0.3) is 10.2 Å². The Morgan fingerprint density at radius 3 is 2.40 bits per heavy atom. The van der Waals surface area contributed by atoms with Crippen molar-refractivity contribution in [2.75, 3.05) is 25.2 Å². The zero-order valence-corrected chi connectivity index (χ0v) is 19.0. The Hall–Kier alpha value is -2.33. The smallest absolute Gasteiger partial charge is 0.260 e. The highest BCUT2D eigenvalue weighted by atomic mass is 32.2. The number of aromatic nitrogens is 1. The van der Waals surface area contributed by atoms with Crippen molar-refractivity contribution < 1.29 is 17.9 Å². The van der Waals surface area contributed by atoms with E-state index in [0.717, 1.165) is 10.2 Å². The second-order valence-electron chi connectivity index (χ2n) is 7.79. The van der Waals surface area contributed by atoms with E-state index in [9.17, 15) is 13.2 Å². The van der Waals surface area contributed by atoms with E-state index in [0.29, 0.717) is 23.8 Å². The van der Waals surface area contributed by atoms with Crippen LogP contribution >= 0.6 is 11.3 Å². The van der Waals surface area contributed by atoms with E-state index in [4.69, 9.17) is 4.74 Å². The molecule has 0 saturated heterocycles. The third-order valence-electron chi connectivity index (χ3n) is 4.13. The first-order valence-electron chi connectivity index (χ1n) is 9.41. The van der Waals surface area contributed by atoms with E-state index in [1.54, 1.807) is 32.8 Å². The molecule has 2 aromatic carbocycles. The van der Waals surface area contributed by atoms with Crippen LogP contribution in [0, 0.1) is 0 Å². The predicted molar refractivity (Wildman–Crippen MR) is 120 cm³/mol. The number of amides is 1. The fraction of sp³-hybridized carbons (Fsp3) is 0.333. The van der Waals surface area contributed by atoms with Crippen molar-refractivity contribution >= 4 is 42.6 Å². The van der Waals surface area contributed by atoms with Gasteiger partial charge < -0.3 is 4.74 Å². The highest BCUT2D eigenvalue weighted by Gasteiger charge is 2.24. The number of rotatable bonds is 7. The fourth-order valence-corrected chi connectivity index (χ4v) is 5.25. The van der Waals surface area contributed by atoms with Crippen LogP contribution in [0.2, 0.25) is 0 Å². The van der Waals surface area contributed by atoms with Gasteiger partial charge in [0.15, 0.2) is 5.13 Å². The second-order valence-corrected chi connectivity index (χ2v) is 10.5. The zero-order chi connectivity index (χ0) is 21.9. The van der Waals surface area contributed by atoms with Gasteiger partial charge in [-0.25, -0.2) is 18.1 Å². The summed E-state index contributed by atoms with van der Waals surface area (Å²) in [6.45, 7) is 6.00. The van der Waals surface area contributed by atoms with Crippen molar-refractivity contribution in [3.8, 4) is 0 Å². The van der Waals surface area contributed by atoms with Crippen LogP contribution in [0.1, 0.15) is 31.1 Å². The van der Waals surface area contributed by atoms with Gasteiger partial charge in [-0.3, -0.25) is 9.69 Å². The molecule has 0 fully saturated rings. The summed E-state index contributed by atoms with van der Waals surface area (Å²) in [5.74, 6) is -0.265. The number of fused-ring (bicyclic) bond motifs is 1. The standard InChI is InChI=1S/C21H25N3O4S2/c1-21(2,3)23-30(26,27)16-11-9-15(10-12-16)19(25)24(13-14-28-4)20-22-17-7-5-6-8-18(17)29-20/h5-12,23H,13-14H2,1-4H3. The largest absolute Gasteiger partial charge is 0.383 e. The first-order chi connectivity index (χ1) is 14.1. The molecule has 0 bridgehead atoms. The number of nitrogens with one attached hydrogen (secondary N) is 1. The topological polar surface area (TPSA) is 88.6 Å². The summed E-state index contributed by atoms with van der Waals surface area (Å²) in [5.41, 5.74) is 0.597. The van der Waals surface area contributed by atoms with Gasteiger partial charge in [-0.2, -0.15) is 0 Å². The fourth-order valence-electron chi connectivity index (χ4n) is 2.84. The van der Waals surface area contributed by atoms with E-state index >= 15 is 0 Å². The number of anilines is 1. The van der Waals surface area contributed by atoms with E-state index in [1.807, 2.05) is 24.3 Å². The van der Waals surface area contributed by atoms with Crippen LogP contribution in [-0.4, -0.2) is 45.1 Å². The predicted octanol–water partition coefficient (Wildman–Crippen LogP) is 3.67. The molecule has 3 rings (SSSR count). The molecular formula is C21H25N3O4S2. The van der Waals surface area contributed by atoms with Gasteiger partial charge in [0.1, 0.15) is 0 Å². The number of sulfonamides is 1. The molecule has 30 heavy (non-hydrogen) atoms. The molecule has 160 valence electrons. The number of thiazole rings is 1. The van der Waals surface area contributed by atoms with E-state index < -0.39 is 15.6 Å². The molecule has 1 aromatic heterocycles. The van der Waals surface area contributed by atoms with Crippen LogP contribution in [0.3, 0.4) is 0 Å². The lowest BCUT2D eigenvalue weighted by Gasteiger charge is -2.21. The Balaban J connectivity index is 1.89. The quantitative estimate of drug-likeness (QED) is 0.597. The number of hydrogen-bond acceptors (Lipinski definition) is 6. The Bertz CT molecular complexity index is 1100. The van der Waals surface area contributed by atoms with Crippen molar-refractivity contribution in [1.29, 1.82) is 0 Å². The molecular weight excluding hydrogens is 422 g/mol. The zero-order valence-electron chi connectivity index (χ0n) is 17.4. The summed E-state index contributed by atoms with van der Waals surface area (Å²) in [7, 11) is -2.10. The van der Waals surface area contributed by atoms with Crippen LogP contribution < -0.4 is 9.62 Å². The van der Waals surface area contributed by atoms with Crippen molar-refractivity contribution in [2.24, 2.45) is 0 Å². The Kier molecular flexibility index (Phi) is 6.56. The van der Waals surface area contributed by atoms with Crippen LogP contribution in [0.15, 0.2) is 53.4 Å². The molecule has 0 saturated carbocycles. The molecule has 0 radical (unpaired) electrons. The molecule has 0 aliphatic rings. The minimum Gasteiger partial charge on any atom is -0.383 e. The van der Waals surface area contributed by atoms with Crippen LogP contribution in [0.5, 0.6) is 0 Å². The summed E-state index contributed by atoms with van der Waals surface area (Å²) >= 11 is 1.43. The lowest BCUT2D eigenvalue weighted by atomic mass is 10.1. The van der Waals surface area contributed by atoms with E-state index in [2.05, 4.69) is 9.71 Å². The molecule has 0 aliphatic carbocycles. The molecule has 7 nitrogen and oxygen atoms in total. The van der Waals surface area contributed by atoms with Gasteiger partial charge in [0, 0.05) is 18.2 Å². The third kappa shape index (κ3) is 5.23. The van der Waals surface area contributed by atoms with Gasteiger partial charge in [0.25, 0.3) is 5.91 Å². The monoisotopic (exact) mass is 447 g/mol. The van der Waals surface area contributed by atoms with Crippen LogP contribution in [0.4, 0.5) is 5.13 Å². The molecule has 3 aromatic rings. The minimum absolute atomic E-state index is 0.109. The molecule has 0 spiro atoms. The highest BCUT2D eigenvalue weighted by molar-refractivity contribution is 7.89. The van der Waals surface area contributed by atoms with Gasteiger partial charge in [-0.1, -0.05) is 23.5 Å². The number of methoxy groups -OCH3 is 1. The number of ether oxygens (including phenoxy) is 1. The molecule has 1 amide bonds. The molecule has 1 N–H and O–H groups in total. The maximum Gasteiger partial charge on any atom is 0.260 e. The third-order valence-corrected chi connectivity index (χ3v) is 6.96. The molecule has 0 atom stereocenters. The van der Waals surface area contributed by atoms with E-state index in [1.165, 1.54) is 35.6 Å². The molecule has 0 unspecified atom stereocenters. The number of nitrogens with zero attached hydrogens (tertiary/aromatic N) is 2. The van der Waals surface area contributed by atoms with Crippen LogP contribution in [-0.2, 0) is 14.8 Å². The Labute approximate surface area is 180 Å². The summed E-state index contributed by atoms with van der Waals surface area (Å²) < 4.78 is 33.7. The summed E-state index contributed by atoms with van der Waals surface area (Å²) in [4.78, 5) is 19.4. The first-order valence-corrected chi connectivity index (χ1v) is 11.7. The number of carbonyl (C=O) groups is 1. The van der Waals surface area contributed by atoms with Crippen molar-refractivity contribution in [3.63, 3.8) is 0 Å². The lowest BCUT2D eigenvalue weighted by molar-refractivity contribution is 0.0976. The molecule has 9 heteroatoms. The summed E-state index contributed by atoms with van der Waals surface area (Å²) in [6.07, 6.45) is 0. The normalized spacial score (nSPS) is 12.3. The number of para-hydroxylation sites is 1. The minimum atomic E-state index is -3.67. The van der Waals surface area contributed by atoms with Gasteiger partial charge >= 0.3 is 0 Å². The SMILES string of the molecule is COCCN(C(=O)c1ccc(S(=O)(=O)NC(C)(C)C)cc1)c1nc2ccccc2s1. The number of benzene rings is 2. The van der Waals surface area contributed by atoms with Crippen molar-refractivity contribution in [1.82, 2.24) is 9.71 Å². The average molecular weight is 448 g/mol. The van der Waals surface area contributed by atoms with Gasteiger partial charge in [0.05, 0.1) is 28.3 Å². The number of carbonyl (C=O) groups excluding carboxylic acids is 1. The Morgan fingerprint density at radius 2 is 1.80 bits per heavy atom. The van der Waals surface area contributed by atoms with Gasteiger partial charge in [0.2, 0.25) is 10.0 Å². The average Bonchev–Trinajstić information content (AvgIpc) is 3.10. The molecule has 0 aliphatic heterocycles. The molecule has 1 heterocycles. The first kappa shape index (κ1) is 22.4. The van der Waals surface area contributed by atoms with Gasteiger partial charge in [-0.15, -0.1) is 0 Å². The van der Waals surface area contributed by atoms with Gasteiger partial charge in [-0.05, 0) is 57.2 Å². The maximum atomic E-state index is 13.2. The van der Waals surface area contributed by atoms with E-state index in [-0.39, 0.29) is 10.8 Å². The summed E-state index contributed by atoms with van der Waals surface area (Å²) in [5, 5.41) is 0.573. The number of hydrogen-bond donors (Lipinski definition) is 1. The Morgan fingerprint density at radius 1 is 1.13 bits per heavy atom. The highest BCUT2D eigenvalue weighted by Crippen LogP contribution is 2.29. The lowest BCUT2D eigenvalue weighted by Crippen LogP contribution is -2.40. The maximum absolute atomic E-state index is 13.2. The summed E-state index contributed by atoms with van der Waals surface area (Å²) in [6, 6.07) is 13.6. The van der Waals surface area contributed by atoms with Crippen molar-refractivity contribution in [2.45, 2.75) is 31.2 Å². The second kappa shape index (κ2) is 8.81. The van der Waals surface area contributed by atoms with Crippen molar-refractivity contribution in [3.05, 3.63) is 54.1 Å².